The van der Waals surface area contributed by atoms with E-state index in [4.69, 9.17) is 5.26 Å². The number of pyridine rings is 1. The Bertz CT molecular complexity index is 495. The Morgan fingerprint density at radius 2 is 2.41 bits per heavy atom. The van der Waals surface area contributed by atoms with Crippen LogP contribution in [-0.4, -0.2) is 16.5 Å². The zero-order valence-electron chi connectivity index (χ0n) is 9.38. The molecule has 0 amide bonds. The summed E-state index contributed by atoms with van der Waals surface area (Å²) in [4.78, 5) is 13.9. The lowest BCUT2D eigenvalue weighted by Crippen LogP contribution is -2.07. The van der Waals surface area contributed by atoms with Gasteiger partial charge in [-0.25, -0.2) is 4.98 Å². The van der Waals surface area contributed by atoms with Crippen LogP contribution in [0.25, 0.3) is 0 Å². The minimum atomic E-state index is -0.599. The van der Waals surface area contributed by atoms with Crippen LogP contribution in [0.3, 0.4) is 0 Å². The fourth-order valence-electron chi connectivity index (χ4n) is 1.70. The van der Waals surface area contributed by atoms with E-state index in [2.05, 4.69) is 17.2 Å². The van der Waals surface area contributed by atoms with Crippen molar-refractivity contribution in [3.8, 4) is 6.07 Å². The highest BCUT2D eigenvalue weighted by Gasteiger charge is 2.32. The molecule has 1 N–H and O–H groups in total. The summed E-state index contributed by atoms with van der Waals surface area (Å²) in [5.41, 5.74) is -0.401. The SMILES string of the molecule is CC1CC1CNc1ccc([N+](=O)[O-])c(C#N)n1. The third-order valence-corrected chi connectivity index (χ3v) is 3.00. The summed E-state index contributed by atoms with van der Waals surface area (Å²) >= 11 is 0. The molecule has 88 valence electrons. The number of nitrogens with one attached hydrogen (secondary N) is 1. The van der Waals surface area contributed by atoms with E-state index in [0.717, 1.165) is 12.5 Å². The molecule has 0 aliphatic heterocycles. The highest BCUT2D eigenvalue weighted by Crippen LogP contribution is 2.37. The zero-order chi connectivity index (χ0) is 12.4. The first-order valence-corrected chi connectivity index (χ1v) is 5.41. The predicted octanol–water partition coefficient (Wildman–Crippen LogP) is 1.93. The van der Waals surface area contributed by atoms with E-state index in [1.807, 2.05) is 0 Å². The largest absolute Gasteiger partial charge is 0.370 e. The van der Waals surface area contributed by atoms with Crippen LogP contribution in [0.2, 0.25) is 0 Å². The van der Waals surface area contributed by atoms with Crippen molar-refractivity contribution in [2.24, 2.45) is 11.8 Å². The lowest BCUT2D eigenvalue weighted by Gasteiger charge is -2.04. The third-order valence-electron chi connectivity index (χ3n) is 3.00. The number of nitriles is 1. The van der Waals surface area contributed by atoms with Crippen LogP contribution in [-0.2, 0) is 0 Å². The van der Waals surface area contributed by atoms with Crippen LogP contribution in [0.4, 0.5) is 11.5 Å². The van der Waals surface area contributed by atoms with Crippen molar-refractivity contribution in [3.05, 3.63) is 27.9 Å². The van der Waals surface area contributed by atoms with Crippen molar-refractivity contribution in [2.75, 3.05) is 11.9 Å². The van der Waals surface area contributed by atoms with Gasteiger partial charge in [-0.05, 0) is 24.3 Å². The Balaban J connectivity index is 2.09. The summed E-state index contributed by atoms with van der Waals surface area (Å²) < 4.78 is 0. The minimum absolute atomic E-state index is 0.149. The Hall–Kier alpha value is -2.16. The van der Waals surface area contributed by atoms with Gasteiger partial charge >= 0.3 is 5.69 Å². The van der Waals surface area contributed by atoms with Gasteiger partial charge in [0.25, 0.3) is 0 Å². The molecule has 1 aliphatic rings. The maximum absolute atomic E-state index is 10.6. The monoisotopic (exact) mass is 232 g/mol. The average Bonchev–Trinajstić information content (AvgIpc) is 3.02. The quantitative estimate of drug-likeness (QED) is 0.632. The van der Waals surface area contributed by atoms with E-state index in [1.54, 1.807) is 6.07 Å². The van der Waals surface area contributed by atoms with Gasteiger partial charge in [-0.2, -0.15) is 5.26 Å². The molecule has 0 bridgehead atoms. The predicted molar refractivity (Wildman–Crippen MR) is 61.4 cm³/mol. The van der Waals surface area contributed by atoms with Crippen molar-refractivity contribution in [2.45, 2.75) is 13.3 Å². The number of nitro groups is 1. The molecule has 2 rings (SSSR count). The van der Waals surface area contributed by atoms with Gasteiger partial charge in [0.05, 0.1) is 4.92 Å². The summed E-state index contributed by atoms with van der Waals surface area (Å²) in [5.74, 6) is 1.90. The van der Waals surface area contributed by atoms with Gasteiger partial charge in [0.15, 0.2) is 0 Å². The second-order valence-corrected chi connectivity index (χ2v) is 4.29. The lowest BCUT2D eigenvalue weighted by atomic mass is 10.3. The van der Waals surface area contributed by atoms with Gasteiger partial charge in [-0.1, -0.05) is 6.92 Å². The molecule has 17 heavy (non-hydrogen) atoms. The van der Waals surface area contributed by atoms with E-state index >= 15 is 0 Å². The smallest absolute Gasteiger partial charge is 0.305 e. The minimum Gasteiger partial charge on any atom is -0.370 e. The van der Waals surface area contributed by atoms with E-state index < -0.39 is 4.92 Å². The summed E-state index contributed by atoms with van der Waals surface area (Å²) in [6.45, 7) is 2.98. The molecule has 0 saturated heterocycles. The van der Waals surface area contributed by atoms with Gasteiger partial charge in [-0.15, -0.1) is 0 Å². The number of rotatable bonds is 4. The first kappa shape index (κ1) is 11.3. The highest BCUT2D eigenvalue weighted by atomic mass is 16.6. The number of nitrogens with zero attached hydrogens (tertiary/aromatic N) is 3. The fourth-order valence-corrected chi connectivity index (χ4v) is 1.70. The van der Waals surface area contributed by atoms with Gasteiger partial charge in [0.2, 0.25) is 5.69 Å². The molecule has 0 radical (unpaired) electrons. The second-order valence-electron chi connectivity index (χ2n) is 4.29. The molecular formula is C11H12N4O2. The Kier molecular flexibility index (Phi) is 2.91. The van der Waals surface area contributed by atoms with Gasteiger partial charge < -0.3 is 5.32 Å². The molecule has 2 atom stereocenters. The first-order chi connectivity index (χ1) is 8.11. The zero-order valence-corrected chi connectivity index (χ0v) is 9.38. The number of hydrogen-bond acceptors (Lipinski definition) is 5. The fraction of sp³-hybridized carbons (Fsp3) is 0.455. The molecule has 1 heterocycles. The average molecular weight is 232 g/mol. The van der Waals surface area contributed by atoms with Crippen molar-refractivity contribution in [3.63, 3.8) is 0 Å². The lowest BCUT2D eigenvalue weighted by molar-refractivity contribution is -0.385. The van der Waals surface area contributed by atoms with Crippen molar-refractivity contribution in [1.29, 1.82) is 5.26 Å². The topological polar surface area (TPSA) is 91.9 Å². The van der Waals surface area contributed by atoms with Crippen molar-refractivity contribution >= 4 is 11.5 Å². The normalized spacial score (nSPS) is 21.6. The van der Waals surface area contributed by atoms with Gasteiger partial charge in [-0.3, -0.25) is 10.1 Å². The number of hydrogen-bond donors (Lipinski definition) is 1. The van der Waals surface area contributed by atoms with Gasteiger partial charge in [0.1, 0.15) is 11.9 Å². The maximum Gasteiger partial charge on any atom is 0.305 e. The van der Waals surface area contributed by atoms with Crippen LogP contribution in [0.15, 0.2) is 12.1 Å². The molecule has 2 unspecified atom stereocenters. The van der Waals surface area contributed by atoms with Crippen LogP contribution >= 0.6 is 0 Å². The molecule has 0 spiro atoms. The standard InChI is InChI=1S/C11H12N4O2/c1-7-4-8(7)6-13-11-3-2-10(15(16)17)9(5-12)14-11/h2-3,7-8H,4,6H2,1H3,(H,13,14). The maximum atomic E-state index is 10.6. The molecule has 1 fully saturated rings. The number of aromatic nitrogens is 1. The highest BCUT2D eigenvalue weighted by molar-refractivity contribution is 5.50. The van der Waals surface area contributed by atoms with E-state index in [0.29, 0.717) is 11.7 Å². The van der Waals surface area contributed by atoms with Crippen LogP contribution in [0.5, 0.6) is 0 Å². The molecule has 1 aromatic rings. The van der Waals surface area contributed by atoms with E-state index in [-0.39, 0.29) is 11.4 Å². The van der Waals surface area contributed by atoms with Crippen LogP contribution in [0, 0.1) is 33.3 Å². The molecule has 0 aromatic carbocycles. The molecule has 1 saturated carbocycles. The summed E-state index contributed by atoms with van der Waals surface area (Å²) in [7, 11) is 0. The molecule has 1 aliphatic carbocycles. The number of anilines is 1. The second kappa shape index (κ2) is 4.37. The molecular weight excluding hydrogens is 220 g/mol. The summed E-state index contributed by atoms with van der Waals surface area (Å²) in [6.07, 6.45) is 1.20. The van der Waals surface area contributed by atoms with Crippen molar-refractivity contribution < 1.29 is 4.92 Å². The van der Waals surface area contributed by atoms with Gasteiger partial charge in [0, 0.05) is 12.6 Å². The molecule has 1 aromatic heterocycles. The Morgan fingerprint density at radius 1 is 1.71 bits per heavy atom. The van der Waals surface area contributed by atoms with Crippen LogP contribution < -0.4 is 5.32 Å². The van der Waals surface area contributed by atoms with E-state index in [9.17, 15) is 10.1 Å². The third kappa shape index (κ3) is 2.50. The Labute approximate surface area is 98.4 Å². The summed E-state index contributed by atoms with van der Waals surface area (Å²) in [6, 6.07) is 4.58. The van der Waals surface area contributed by atoms with Crippen molar-refractivity contribution in [1.82, 2.24) is 4.98 Å². The van der Waals surface area contributed by atoms with Crippen LogP contribution in [0.1, 0.15) is 19.0 Å². The summed E-state index contributed by atoms with van der Waals surface area (Å²) in [5, 5.41) is 22.5. The first-order valence-electron chi connectivity index (χ1n) is 5.41. The Morgan fingerprint density at radius 3 is 2.94 bits per heavy atom. The molecule has 6 heteroatoms. The van der Waals surface area contributed by atoms with E-state index in [1.165, 1.54) is 18.6 Å². The molecule has 6 nitrogen and oxygen atoms in total.